The van der Waals surface area contributed by atoms with Gasteiger partial charge in [0.1, 0.15) is 5.75 Å². The molecule has 7 heteroatoms. The third-order valence-corrected chi connectivity index (χ3v) is 4.60. The van der Waals surface area contributed by atoms with Crippen molar-refractivity contribution in [1.82, 2.24) is 4.98 Å². The molecule has 0 unspecified atom stereocenters. The van der Waals surface area contributed by atoms with Crippen molar-refractivity contribution in [2.24, 2.45) is 0 Å². The van der Waals surface area contributed by atoms with E-state index in [1.807, 2.05) is 30.3 Å². The van der Waals surface area contributed by atoms with Crippen LogP contribution < -0.4 is 10.1 Å². The molecule has 0 aliphatic carbocycles. The number of ether oxygens (including phenoxy) is 1. The van der Waals surface area contributed by atoms with Crippen LogP contribution in [0, 0.1) is 0 Å². The Kier molecular flexibility index (Phi) is 6.49. The van der Waals surface area contributed by atoms with E-state index in [1.165, 1.54) is 23.0 Å². The van der Waals surface area contributed by atoms with Gasteiger partial charge in [0.15, 0.2) is 5.13 Å². The molecule has 0 spiro atoms. The van der Waals surface area contributed by atoms with E-state index in [0.717, 1.165) is 12.8 Å². The van der Waals surface area contributed by atoms with Crippen molar-refractivity contribution in [3.8, 4) is 17.0 Å². The van der Waals surface area contributed by atoms with Gasteiger partial charge in [-0.1, -0.05) is 42.5 Å². The molecule has 1 N–H and O–H groups in total. The average molecular weight is 388 g/mol. The molecular weight excluding hydrogens is 370 g/mol. The Morgan fingerprint density at radius 1 is 1.11 bits per heavy atom. The van der Waals surface area contributed by atoms with E-state index in [9.17, 15) is 13.6 Å². The number of aromatic nitrogens is 1. The maximum atomic E-state index is 12.5. The number of halogens is 2. The summed E-state index contributed by atoms with van der Waals surface area (Å²) < 4.78 is 29.6. The van der Waals surface area contributed by atoms with Crippen LogP contribution in [0.4, 0.5) is 13.9 Å². The number of carbonyl (C=O) groups excluding carboxylic acids is 1. The number of hydrogen-bond donors (Lipinski definition) is 1. The van der Waals surface area contributed by atoms with E-state index in [4.69, 9.17) is 0 Å². The van der Waals surface area contributed by atoms with Gasteiger partial charge in [-0.3, -0.25) is 4.79 Å². The number of anilines is 1. The van der Waals surface area contributed by atoms with E-state index >= 15 is 0 Å². The Morgan fingerprint density at radius 2 is 1.85 bits per heavy atom. The summed E-state index contributed by atoms with van der Waals surface area (Å²) in [7, 11) is 0. The number of alkyl halides is 2. The molecule has 1 heterocycles. The van der Waals surface area contributed by atoms with Gasteiger partial charge in [0.05, 0.1) is 5.69 Å². The molecule has 27 heavy (non-hydrogen) atoms. The quantitative estimate of drug-likeness (QED) is 0.564. The highest BCUT2D eigenvalue weighted by Crippen LogP contribution is 2.33. The zero-order valence-corrected chi connectivity index (χ0v) is 15.2. The molecule has 0 radical (unpaired) electrons. The first kappa shape index (κ1) is 19.0. The minimum Gasteiger partial charge on any atom is -0.434 e. The lowest BCUT2D eigenvalue weighted by molar-refractivity contribution is -0.116. The van der Waals surface area contributed by atoms with Crippen molar-refractivity contribution in [2.45, 2.75) is 25.9 Å². The van der Waals surface area contributed by atoms with Gasteiger partial charge in [-0.2, -0.15) is 8.78 Å². The molecule has 0 fully saturated rings. The van der Waals surface area contributed by atoms with Crippen molar-refractivity contribution >= 4 is 22.4 Å². The molecule has 0 aliphatic rings. The minimum absolute atomic E-state index is 0.0542. The summed E-state index contributed by atoms with van der Waals surface area (Å²) in [6.45, 7) is -2.91. The van der Waals surface area contributed by atoms with Gasteiger partial charge in [0.2, 0.25) is 5.91 Å². The monoisotopic (exact) mass is 388 g/mol. The number of rotatable bonds is 8. The third kappa shape index (κ3) is 5.59. The van der Waals surface area contributed by atoms with E-state index < -0.39 is 6.61 Å². The van der Waals surface area contributed by atoms with Crippen LogP contribution in [0.2, 0.25) is 0 Å². The van der Waals surface area contributed by atoms with Crippen LogP contribution in [0.5, 0.6) is 5.75 Å². The number of aryl methyl sites for hydroxylation is 1. The summed E-state index contributed by atoms with van der Waals surface area (Å²) in [5.74, 6) is -0.0671. The van der Waals surface area contributed by atoms with E-state index in [2.05, 4.69) is 15.0 Å². The number of hydrogen-bond acceptors (Lipinski definition) is 4. The van der Waals surface area contributed by atoms with Gasteiger partial charge >= 0.3 is 6.61 Å². The zero-order chi connectivity index (χ0) is 19.1. The van der Waals surface area contributed by atoms with Gasteiger partial charge in [-0.15, -0.1) is 11.3 Å². The van der Waals surface area contributed by atoms with Gasteiger partial charge in [0, 0.05) is 17.4 Å². The minimum atomic E-state index is -2.91. The maximum absolute atomic E-state index is 12.5. The van der Waals surface area contributed by atoms with Crippen LogP contribution in [0.3, 0.4) is 0 Å². The fraction of sp³-hybridized carbons (Fsp3) is 0.200. The maximum Gasteiger partial charge on any atom is 0.387 e. The van der Waals surface area contributed by atoms with E-state index in [-0.39, 0.29) is 11.7 Å². The van der Waals surface area contributed by atoms with Gasteiger partial charge in [-0.25, -0.2) is 4.98 Å². The lowest BCUT2D eigenvalue weighted by Crippen LogP contribution is -2.11. The van der Waals surface area contributed by atoms with E-state index in [0.29, 0.717) is 22.8 Å². The molecule has 3 aromatic rings. The van der Waals surface area contributed by atoms with Crippen LogP contribution in [0.1, 0.15) is 18.4 Å². The smallest absolute Gasteiger partial charge is 0.387 e. The molecule has 0 saturated carbocycles. The van der Waals surface area contributed by atoms with Crippen molar-refractivity contribution in [2.75, 3.05) is 5.32 Å². The largest absolute Gasteiger partial charge is 0.434 e. The van der Waals surface area contributed by atoms with Crippen molar-refractivity contribution in [3.63, 3.8) is 0 Å². The SMILES string of the molecule is O=C(CCCc1ccccc1)Nc1nc(-c2ccccc2OC(F)F)cs1. The number of benzene rings is 2. The Bertz CT molecular complexity index is 884. The Morgan fingerprint density at radius 3 is 2.63 bits per heavy atom. The average Bonchev–Trinajstić information content (AvgIpc) is 3.11. The molecule has 0 saturated heterocycles. The van der Waals surface area contributed by atoms with Gasteiger partial charge < -0.3 is 10.1 Å². The lowest BCUT2D eigenvalue weighted by atomic mass is 10.1. The van der Waals surface area contributed by atoms with Gasteiger partial charge in [0.25, 0.3) is 0 Å². The van der Waals surface area contributed by atoms with Crippen LogP contribution in [-0.2, 0) is 11.2 Å². The standard InChI is InChI=1S/C20H18F2N2O2S/c21-19(22)26-17-11-5-4-10-15(17)16-13-27-20(23-16)24-18(25)12-6-9-14-7-2-1-3-8-14/h1-5,7-8,10-11,13,19H,6,9,12H2,(H,23,24,25). The summed E-state index contributed by atoms with van der Waals surface area (Å²) in [5, 5.41) is 4.89. The number of nitrogens with zero attached hydrogens (tertiary/aromatic N) is 1. The molecule has 2 aromatic carbocycles. The first-order valence-electron chi connectivity index (χ1n) is 8.45. The fourth-order valence-electron chi connectivity index (χ4n) is 2.61. The Labute approximate surface area is 159 Å². The molecule has 0 atom stereocenters. The van der Waals surface area contributed by atoms with E-state index in [1.54, 1.807) is 23.6 Å². The summed E-state index contributed by atoms with van der Waals surface area (Å²) in [4.78, 5) is 16.4. The second-order valence-electron chi connectivity index (χ2n) is 5.80. The second-order valence-corrected chi connectivity index (χ2v) is 6.66. The number of amides is 1. The summed E-state index contributed by atoms with van der Waals surface area (Å²) >= 11 is 1.24. The van der Waals surface area contributed by atoms with Crippen LogP contribution in [-0.4, -0.2) is 17.5 Å². The predicted octanol–water partition coefficient (Wildman–Crippen LogP) is 5.37. The number of carbonyl (C=O) groups is 1. The van der Waals surface area contributed by atoms with Crippen molar-refractivity contribution < 1.29 is 18.3 Å². The number of nitrogens with one attached hydrogen (secondary N) is 1. The van der Waals surface area contributed by atoms with Gasteiger partial charge in [-0.05, 0) is 30.5 Å². The molecule has 0 aliphatic heterocycles. The first-order chi connectivity index (χ1) is 13.1. The highest BCUT2D eigenvalue weighted by Gasteiger charge is 2.14. The topological polar surface area (TPSA) is 51.2 Å². The zero-order valence-electron chi connectivity index (χ0n) is 14.4. The molecule has 3 rings (SSSR count). The molecular formula is C20H18F2N2O2S. The van der Waals surface area contributed by atoms with Crippen molar-refractivity contribution in [1.29, 1.82) is 0 Å². The first-order valence-corrected chi connectivity index (χ1v) is 9.33. The number of thiazole rings is 1. The summed E-state index contributed by atoms with van der Waals surface area (Å²) in [5.41, 5.74) is 2.13. The van der Waals surface area contributed by atoms with Crippen LogP contribution >= 0.6 is 11.3 Å². The molecule has 140 valence electrons. The van der Waals surface area contributed by atoms with Crippen LogP contribution in [0.15, 0.2) is 60.0 Å². The Balaban J connectivity index is 1.57. The fourth-order valence-corrected chi connectivity index (χ4v) is 3.34. The molecule has 0 bridgehead atoms. The molecule has 1 amide bonds. The molecule has 4 nitrogen and oxygen atoms in total. The predicted molar refractivity (Wildman–Crippen MR) is 102 cm³/mol. The Hall–Kier alpha value is -2.80. The third-order valence-electron chi connectivity index (χ3n) is 3.84. The summed E-state index contributed by atoms with van der Waals surface area (Å²) in [6.07, 6.45) is 1.95. The molecule has 1 aromatic heterocycles. The van der Waals surface area contributed by atoms with Crippen molar-refractivity contribution in [3.05, 3.63) is 65.5 Å². The summed E-state index contributed by atoms with van der Waals surface area (Å²) in [6, 6.07) is 16.4. The van der Waals surface area contributed by atoms with Crippen LogP contribution in [0.25, 0.3) is 11.3 Å². The second kappa shape index (κ2) is 9.23. The lowest BCUT2D eigenvalue weighted by Gasteiger charge is -2.08. The highest BCUT2D eigenvalue weighted by molar-refractivity contribution is 7.14. The highest BCUT2D eigenvalue weighted by atomic mass is 32.1. The number of para-hydroxylation sites is 1. The normalized spacial score (nSPS) is 10.8.